The molecule has 0 atom stereocenters. The van der Waals surface area contributed by atoms with Crippen LogP contribution in [-0.2, 0) is 0 Å². The number of carbonyl (C=O) groups is 1. The van der Waals surface area contributed by atoms with E-state index in [0.29, 0.717) is 16.4 Å². The Hall–Kier alpha value is -2.20. The lowest BCUT2D eigenvalue weighted by atomic mass is 10.2. The Balaban J connectivity index is 2.03. The summed E-state index contributed by atoms with van der Waals surface area (Å²) < 4.78 is 5.06. The van der Waals surface area contributed by atoms with Crippen molar-refractivity contribution < 1.29 is 9.53 Å². The smallest absolute Gasteiger partial charge is 0.323 e. The summed E-state index contributed by atoms with van der Waals surface area (Å²) in [5.74, 6) is 0.738. The van der Waals surface area contributed by atoms with Gasteiger partial charge in [0.2, 0.25) is 0 Å². The van der Waals surface area contributed by atoms with Gasteiger partial charge in [-0.15, -0.1) is 0 Å². The molecule has 0 fully saturated rings. The summed E-state index contributed by atoms with van der Waals surface area (Å²) in [5.41, 5.74) is 2.20. The Morgan fingerprint density at radius 2 is 1.80 bits per heavy atom. The van der Waals surface area contributed by atoms with Crippen LogP contribution in [0.25, 0.3) is 0 Å². The van der Waals surface area contributed by atoms with Crippen molar-refractivity contribution in [2.75, 3.05) is 17.7 Å². The Morgan fingerprint density at radius 1 is 1.10 bits per heavy atom. The van der Waals surface area contributed by atoms with Gasteiger partial charge in [0.15, 0.2) is 0 Å². The van der Waals surface area contributed by atoms with Crippen molar-refractivity contribution in [3.05, 3.63) is 53.1 Å². The zero-order valence-electron chi connectivity index (χ0n) is 11.2. The van der Waals surface area contributed by atoms with Gasteiger partial charge in [-0.2, -0.15) is 0 Å². The number of benzene rings is 2. The molecule has 0 aliphatic heterocycles. The van der Waals surface area contributed by atoms with Crippen molar-refractivity contribution in [2.24, 2.45) is 0 Å². The van der Waals surface area contributed by atoms with Crippen molar-refractivity contribution in [3.8, 4) is 5.75 Å². The fraction of sp³-hybridized carbons (Fsp3) is 0.133. The molecule has 0 saturated carbocycles. The van der Waals surface area contributed by atoms with E-state index in [0.717, 1.165) is 11.3 Å². The van der Waals surface area contributed by atoms with E-state index in [1.807, 2.05) is 6.92 Å². The third kappa shape index (κ3) is 3.42. The molecular formula is C15H15ClN2O2. The van der Waals surface area contributed by atoms with E-state index in [1.54, 1.807) is 49.6 Å². The number of amides is 2. The highest BCUT2D eigenvalue weighted by molar-refractivity contribution is 6.31. The lowest BCUT2D eigenvalue weighted by Gasteiger charge is -2.11. The third-order valence-electron chi connectivity index (χ3n) is 2.86. The largest absolute Gasteiger partial charge is 0.497 e. The number of ether oxygens (including phenoxy) is 1. The minimum absolute atomic E-state index is 0.319. The maximum atomic E-state index is 11.9. The second-order valence-electron chi connectivity index (χ2n) is 4.22. The molecule has 0 unspecified atom stereocenters. The molecular weight excluding hydrogens is 276 g/mol. The average Bonchev–Trinajstić information content (AvgIpc) is 2.45. The van der Waals surface area contributed by atoms with Crippen molar-refractivity contribution in [1.82, 2.24) is 0 Å². The van der Waals surface area contributed by atoms with E-state index >= 15 is 0 Å². The average molecular weight is 291 g/mol. The maximum Gasteiger partial charge on any atom is 0.323 e. The highest BCUT2D eigenvalue weighted by atomic mass is 35.5. The number of hydrogen-bond donors (Lipinski definition) is 2. The van der Waals surface area contributed by atoms with E-state index in [4.69, 9.17) is 16.3 Å². The molecule has 5 heteroatoms. The summed E-state index contributed by atoms with van der Waals surface area (Å²) in [7, 11) is 1.59. The Labute approximate surface area is 122 Å². The van der Waals surface area contributed by atoms with Gasteiger partial charge in [-0.1, -0.05) is 17.7 Å². The van der Waals surface area contributed by atoms with E-state index < -0.39 is 0 Å². The number of anilines is 2. The fourth-order valence-electron chi connectivity index (χ4n) is 1.70. The fourth-order valence-corrected chi connectivity index (χ4v) is 1.88. The first-order chi connectivity index (χ1) is 9.60. The van der Waals surface area contributed by atoms with Crippen molar-refractivity contribution in [2.45, 2.75) is 6.92 Å². The van der Waals surface area contributed by atoms with Gasteiger partial charge in [-0.25, -0.2) is 4.79 Å². The van der Waals surface area contributed by atoms with Gasteiger partial charge in [-0.3, -0.25) is 0 Å². The maximum absolute atomic E-state index is 11.9. The van der Waals surface area contributed by atoms with Crippen LogP contribution in [0, 0.1) is 6.92 Å². The number of halogens is 1. The molecule has 0 aliphatic carbocycles. The summed E-state index contributed by atoms with van der Waals surface area (Å²) in [6.45, 7) is 1.85. The van der Waals surface area contributed by atoms with E-state index in [2.05, 4.69) is 10.6 Å². The highest BCUT2D eigenvalue weighted by Crippen LogP contribution is 2.23. The van der Waals surface area contributed by atoms with Gasteiger partial charge in [-0.05, 0) is 48.9 Å². The molecule has 2 aromatic rings. The quantitative estimate of drug-likeness (QED) is 0.885. The number of methoxy groups -OCH3 is 1. The monoisotopic (exact) mass is 290 g/mol. The highest BCUT2D eigenvalue weighted by Gasteiger charge is 2.06. The van der Waals surface area contributed by atoms with E-state index in [9.17, 15) is 4.79 Å². The molecule has 0 radical (unpaired) electrons. The molecule has 0 aliphatic rings. The second-order valence-corrected chi connectivity index (χ2v) is 4.63. The molecule has 104 valence electrons. The second kappa shape index (κ2) is 6.30. The molecule has 4 nitrogen and oxygen atoms in total. The Kier molecular flexibility index (Phi) is 4.48. The van der Waals surface area contributed by atoms with Gasteiger partial charge >= 0.3 is 6.03 Å². The number of nitrogens with one attached hydrogen (secondary N) is 2. The number of urea groups is 1. The lowest BCUT2D eigenvalue weighted by Crippen LogP contribution is -2.19. The normalized spacial score (nSPS) is 9.95. The molecule has 0 aromatic heterocycles. The van der Waals surface area contributed by atoms with Gasteiger partial charge in [0.05, 0.1) is 7.11 Å². The minimum Gasteiger partial charge on any atom is -0.497 e. The van der Waals surface area contributed by atoms with Gasteiger partial charge in [0.25, 0.3) is 0 Å². The van der Waals surface area contributed by atoms with Crippen molar-refractivity contribution in [3.63, 3.8) is 0 Å². The Morgan fingerprint density at radius 3 is 2.45 bits per heavy atom. The standard InChI is InChI=1S/C15H15ClN2O2/c1-10-13(16)4-3-5-14(10)18-15(19)17-11-6-8-12(20-2)9-7-11/h3-9H,1-2H3,(H2,17,18,19). The first-order valence-corrected chi connectivity index (χ1v) is 6.45. The van der Waals surface area contributed by atoms with Crippen LogP contribution in [0.5, 0.6) is 5.75 Å². The van der Waals surface area contributed by atoms with Crippen LogP contribution >= 0.6 is 11.6 Å². The molecule has 2 rings (SSSR count). The lowest BCUT2D eigenvalue weighted by molar-refractivity contribution is 0.262. The van der Waals surface area contributed by atoms with E-state index in [-0.39, 0.29) is 6.03 Å². The molecule has 2 aromatic carbocycles. The third-order valence-corrected chi connectivity index (χ3v) is 3.27. The first-order valence-electron chi connectivity index (χ1n) is 6.07. The van der Waals surface area contributed by atoms with Gasteiger partial charge < -0.3 is 15.4 Å². The number of rotatable bonds is 3. The van der Waals surface area contributed by atoms with Crippen LogP contribution in [0.1, 0.15) is 5.56 Å². The summed E-state index contributed by atoms with van der Waals surface area (Å²) in [4.78, 5) is 11.9. The van der Waals surface area contributed by atoms with Gasteiger partial charge in [0, 0.05) is 16.4 Å². The number of carbonyl (C=O) groups excluding carboxylic acids is 1. The molecule has 2 N–H and O–H groups in total. The summed E-state index contributed by atoms with van der Waals surface area (Å²) in [6.07, 6.45) is 0. The van der Waals surface area contributed by atoms with Crippen molar-refractivity contribution in [1.29, 1.82) is 0 Å². The molecule has 0 spiro atoms. The zero-order chi connectivity index (χ0) is 14.5. The minimum atomic E-state index is -0.319. The first kappa shape index (κ1) is 14.2. The summed E-state index contributed by atoms with van der Waals surface area (Å²) in [5, 5.41) is 6.12. The predicted octanol–water partition coefficient (Wildman–Crippen LogP) is 4.30. The predicted molar refractivity (Wildman–Crippen MR) is 81.8 cm³/mol. The molecule has 20 heavy (non-hydrogen) atoms. The summed E-state index contributed by atoms with van der Waals surface area (Å²) >= 11 is 6.01. The van der Waals surface area contributed by atoms with Crippen LogP contribution in [0.2, 0.25) is 5.02 Å². The zero-order valence-corrected chi connectivity index (χ0v) is 12.0. The molecule has 0 saturated heterocycles. The van der Waals surface area contributed by atoms with Gasteiger partial charge in [0.1, 0.15) is 5.75 Å². The topological polar surface area (TPSA) is 50.4 Å². The van der Waals surface area contributed by atoms with Crippen LogP contribution in [-0.4, -0.2) is 13.1 Å². The van der Waals surface area contributed by atoms with E-state index in [1.165, 1.54) is 0 Å². The molecule has 0 heterocycles. The van der Waals surface area contributed by atoms with Crippen LogP contribution in [0.3, 0.4) is 0 Å². The SMILES string of the molecule is COc1ccc(NC(=O)Nc2cccc(Cl)c2C)cc1. The number of hydrogen-bond acceptors (Lipinski definition) is 2. The molecule has 2 amide bonds. The molecule has 0 bridgehead atoms. The summed E-state index contributed by atoms with van der Waals surface area (Å²) in [6, 6.07) is 12.1. The Bertz CT molecular complexity index is 612. The van der Waals surface area contributed by atoms with Crippen molar-refractivity contribution >= 4 is 29.0 Å². The van der Waals surface area contributed by atoms with Crippen LogP contribution < -0.4 is 15.4 Å². The van der Waals surface area contributed by atoms with Crippen LogP contribution in [0.4, 0.5) is 16.2 Å². The van der Waals surface area contributed by atoms with Crippen LogP contribution in [0.15, 0.2) is 42.5 Å².